The third-order valence-corrected chi connectivity index (χ3v) is 2.65. The number of rotatable bonds is 3. The molecule has 0 saturated heterocycles. The van der Waals surface area contributed by atoms with Gasteiger partial charge in [0.25, 0.3) is 5.91 Å². The molecule has 0 radical (unpaired) electrons. The smallest absolute Gasteiger partial charge is 0.260 e. The normalized spacial score (nSPS) is 14.6. The topological polar surface area (TPSA) is 80.9 Å². The van der Waals surface area contributed by atoms with E-state index >= 15 is 0 Å². The van der Waals surface area contributed by atoms with Crippen molar-refractivity contribution in [2.24, 2.45) is 0 Å². The molecule has 1 amide bonds. The van der Waals surface area contributed by atoms with Crippen LogP contribution in [0.25, 0.3) is 0 Å². The standard InChI is InChI=1S/C11H10N4O2/c16-11(14-8-3-4-12-13-5-8)9-6-17-15-10(9)7-1-2-7/h3-7H,1-2H2,(H,12,14,16). The van der Waals surface area contributed by atoms with Gasteiger partial charge in [0, 0.05) is 5.92 Å². The predicted molar refractivity (Wildman–Crippen MR) is 58.5 cm³/mol. The Bertz CT molecular complexity index is 533. The lowest BCUT2D eigenvalue weighted by molar-refractivity contribution is 0.102. The van der Waals surface area contributed by atoms with Gasteiger partial charge in [-0.3, -0.25) is 4.79 Å². The summed E-state index contributed by atoms with van der Waals surface area (Å²) in [6, 6.07) is 1.68. The Morgan fingerprint density at radius 3 is 3.00 bits per heavy atom. The van der Waals surface area contributed by atoms with Crippen LogP contribution in [0.15, 0.2) is 29.2 Å². The van der Waals surface area contributed by atoms with Gasteiger partial charge in [-0.05, 0) is 18.9 Å². The molecule has 1 N–H and O–H groups in total. The van der Waals surface area contributed by atoms with E-state index < -0.39 is 0 Å². The van der Waals surface area contributed by atoms with Gasteiger partial charge in [0.2, 0.25) is 0 Å². The number of nitrogens with one attached hydrogen (secondary N) is 1. The first-order valence-electron chi connectivity index (χ1n) is 5.37. The van der Waals surface area contributed by atoms with Crippen molar-refractivity contribution in [3.05, 3.63) is 36.0 Å². The number of nitrogens with zero attached hydrogens (tertiary/aromatic N) is 3. The number of aromatic nitrogens is 3. The van der Waals surface area contributed by atoms with Crippen LogP contribution in [-0.4, -0.2) is 21.3 Å². The summed E-state index contributed by atoms with van der Waals surface area (Å²) in [5.74, 6) is 0.159. The minimum absolute atomic E-state index is 0.221. The molecule has 6 nitrogen and oxygen atoms in total. The van der Waals surface area contributed by atoms with E-state index in [-0.39, 0.29) is 5.91 Å². The Balaban J connectivity index is 1.80. The number of hydrogen-bond acceptors (Lipinski definition) is 5. The number of carbonyl (C=O) groups is 1. The summed E-state index contributed by atoms with van der Waals surface area (Å²) in [4.78, 5) is 12.0. The fourth-order valence-corrected chi connectivity index (χ4v) is 1.63. The molecule has 1 aliphatic carbocycles. The van der Waals surface area contributed by atoms with E-state index in [1.165, 1.54) is 18.7 Å². The molecule has 0 aliphatic heterocycles. The fraction of sp³-hybridized carbons (Fsp3) is 0.273. The van der Waals surface area contributed by atoms with Crippen molar-refractivity contribution in [2.75, 3.05) is 5.32 Å². The molecule has 0 aromatic carbocycles. The fourth-order valence-electron chi connectivity index (χ4n) is 1.63. The maximum absolute atomic E-state index is 12.0. The summed E-state index contributed by atoms with van der Waals surface area (Å²) >= 11 is 0. The summed E-state index contributed by atoms with van der Waals surface area (Å²) in [7, 11) is 0. The summed E-state index contributed by atoms with van der Waals surface area (Å²) in [6.45, 7) is 0. The average molecular weight is 230 g/mol. The number of hydrogen-bond donors (Lipinski definition) is 1. The molecule has 3 rings (SSSR count). The third-order valence-electron chi connectivity index (χ3n) is 2.65. The van der Waals surface area contributed by atoms with E-state index in [0.717, 1.165) is 18.5 Å². The van der Waals surface area contributed by atoms with Gasteiger partial charge in [0.05, 0.1) is 23.8 Å². The lowest BCUT2D eigenvalue weighted by atomic mass is 10.1. The Hall–Kier alpha value is -2.24. The van der Waals surface area contributed by atoms with Crippen molar-refractivity contribution in [3.63, 3.8) is 0 Å². The van der Waals surface area contributed by atoms with Crippen LogP contribution in [0.4, 0.5) is 5.69 Å². The molecule has 2 aromatic rings. The van der Waals surface area contributed by atoms with Crippen molar-refractivity contribution in [1.82, 2.24) is 15.4 Å². The zero-order valence-electron chi connectivity index (χ0n) is 8.96. The van der Waals surface area contributed by atoms with Gasteiger partial charge >= 0.3 is 0 Å². The van der Waals surface area contributed by atoms with Crippen LogP contribution in [0.1, 0.15) is 34.8 Å². The van der Waals surface area contributed by atoms with Gasteiger partial charge in [-0.25, -0.2) is 0 Å². The molecule has 1 fully saturated rings. The third kappa shape index (κ3) is 2.01. The zero-order chi connectivity index (χ0) is 11.7. The molecule has 6 heteroatoms. The molecule has 0 atom stereocenters. The van der Waals surface area contributed by atoms with Crippen molar-refractivity contribution >= 4 is 11.6 Å². The van der Waals surface area contributed by atoms with Crippen molar-refractivity contribution in [3.8, 4) is 0 Å². The van der Waals surface area contributed by atoms with E-state index in [2.05, 4.69) is 20.7 Å². The summed E-state index contributed by atoms with van der Waals surface area (Å²) in [6.07, 6.45) is 6.54. The molecule has 0 unspecified atom stereocenters. The van der Waals surface area contributed by atoms with Gasteiger partial charge < -0.3 is 9.84 Å². The SMILES string of the molecule is O=C(Nc1ccnnc1)c1conc1C1CC1. The first kappa shape index (κ1) is 9.95. The average Bonchev–Trinajstić information content (AvgIpc) is 3.08. The van der Waals surface area contributed by atoms with Crippen LogP contribution >= 0.6 is 0 Å². The maximum Gasteiger partial charge on any atom is 0.260 e. The second-order valence-electron chi connectivity index (χ2n) is 3.97. The molecule has 17 heavy (non-hydrogen) atoms. The second kappa shape index (κ2) is 3.97. The molecule has 86 valence electrons. The highest BCUT2D eigenvalue weighted by atomic mass is 16.5. The van der Waals surface area contributed by atoms with Gasteiger partial charge in [-0.2, -0.15) is 10.2 Å². The highest BCUT2D eigenvalue weighted by molar-refractivity contribution is 6.04. The van der Waals surface area contributed by atoms with Gasteiger partial charge in [-0.1, -0.05) is 5.16 Å². The van der Waals surface area contributed by atoms with E-state index in [1.54, 1.807) is 6.07 Å². The number of amides is 1. The predicted octanol–water partition coefficient (Wildman–Crippen LogP) is 1.59. The van der Waals surface area contributed by atoms with Crippen LogP contribution in [-0.2, 0) is 0 Å². The Morgan fingerprint density at radius 1 is 1.41 bits per heavy atom. The molecular weight excluding hydrogens is 220 g/mol. The second-order valence-corrected chi connectivity index (χ2v) is 3.97. The minimum atomic E-state index is -0.221. The van der Waals surface area contributed by atoms with Crippen LogP contribution in [0.2, 0.25) is 0 Å². The largest absolute Gasteiger partial charge is 0.364 e. The van der Waals surface area contributed by atoms with Crippen molar-refractivity contribution in [2.45, 2.75) is 18.8 Å². The van der Waals surface area contributed by atoms with E-state index in [1.807, 2.05) is 0 Å². The molecule has 1 saturated carbocycles. The highest BCUT2D eigenvalue weighted by Crippen LogP contribution is 2.40. The molecule has 0 bridgehead atoms. The quantitative estimate of drug-likeness (QED) is 0.865. The summed E-state index contributed by atoms with van der Waals surface area (Å²) < 4.78 is 4.87. The molecule has 2 aromatic heterocycles. The highest BCUT2D eigenvalue weighted by Gasteiger charge is 2.31. The molecular formula is C11H10N4O2. The van der Waals surface area contributed by atoms with E-state index in [9.17, 15) is 4.79 Å². The number of anilines is 1. The molecule has 0 spiro atoms. The van der Waals surface area contributed by atoms with Crippen LogP contribution in [0, 0.1) is 0 Å². The first-order valence-corrected chi connectivity index (χ1v) is 5.37. The Kier molecular flexibility index (Phi) is 2.32. The summed E-state index contributed by atoms with van der Waals surface area (Å²) in [5, 5.41) is 13.9. The Labute approximate surface area is 97.0 Å². The molecule has 1 aliphatic rings. The number of carbonyl (C=O) groups excluding carboxylic acids is 1. The monoisotopic (exact) mass is 230 g/mol. The van der Waals surface area contributed by atoms with Crippen molar-refractivity contribution < 1.29 is 9.32 Å². The zero-order valence-corrected chi connectivity index (χ0v) is 8.96. The minimum Gasteiger partial charge on any atom is -0.364 e. The van der Waals surface area contributed by atoms with E-state index in [0.29, 0.717) is 17.2 Å². The van der Waals surface area contributed by atoms with Crippen LogP contribution < -0.4 is 5.32 Å². The van der Waals surface area contributed by atoms with Crippen LogP contribution in [0.3, 0.4) is 0 Å². The van der Waals surface area contributed by atoms with Gasteiger partial charge in [0.1, 0.15) is 11.8 Å². The van der Waals surface area contributed by atoms with Crippen LogP contribution in [0.5, 0.6) is 0 Å². The summed E-state index contributed by atoms with van der Waals surface area (Å²) in [5.41, 5.74) is 1.86. The van der Waals surface area contributed by atoms with E-state index in [4.69, 9.17) is 4.52 Å². The lowest BCUT2D eigenvalue weighted by Crippen LogP contribution is -2.13. The maximum atomic E-state index is 12.0. The van der Waals surface area contributed by atoms with Gasteiger partial charge in [-0.15, -0.1) is 0 Å². The molecule has 2 heterocycles. The Morgan fingerprint density at radius 2 is 2.29 bits per heavy atom. The lowest BCUT2D eigenvalue weighted by Gasteiger charge is -2.02. The van der Waals surface area contributed by atoms with Crippen molar-refractivity contribution in [1.29, 1.82) is 0 Å². The first-order chi connectivity index (χ1) is 8.34. The van der Waals surface area contributed by atoms with Gasteiger partial charge in [0.15, 0.2) is 0 Å².